The van der Waals surface area contributed by atoms with Crippen LogP contribution in [0.1, 0.15) is 17.4 Å². The lowest BCUT2D eigenvalue weighted by molar-refractivity contribution is 0.101. The largest absolute Gasteiger partial charge is 0.293 e. The van der Waals surface area contributed by atoms with E-state index in [0.717, 1.165) is 14.6 Å². The topological polar surface area (TPSA) is 30.0 Å². The molecule has 2 aromatic heterocycles. The van der Waals surface area contributed by atoms with Crippen LogP contribution in [0, 0.1) is 0 Å². The minimum absolute atomic E-state index is 0.0138. The van der Waals surface area contributed by atoms with Crippen LogP contribution in [0.15, 0.2) is 22.1 Å². The smallest absolute Gasteiger partial charge is 0.179 e. The van der Waals surface area contributed by atoms with Crippen molar-refractivity contribution in [3.05, 3.63) is 27.8 Å². The van der Waals surface area contributed by atoms with Gasteiger partial charge in [0.1, 0.15) is 5.69 Å². The van der Waals surface area contributed by atoms with Gasteiger partial charge in [-0.25, -0.2) is 0 Å². The zero-order valence-electron chi connectivity index (χ0n) is 6.87. The van der Waals surface area contributed by atoms with Crippen LogP contribution in [0.4, 0.5) is 0 Å². The van der Waals surface area contributed by atoms with Crippen molar-refractivity contribution in [3.8, 4) is 0 Å². The highest BCUT2D eigenvalue weighted by Crippen LogP contribution is 2.31. The van der Waals surface area contributed by atoms with E-state index in [1.807, 2.05) is 11.4 Å². The maximum absolute atomic E-state index is 11.2. The molecule has 0 unspecified atom stereocenters. The summed E-state index contributed by atoms with van der Waals surface area (Å²) in [5.41, 5.74) is 0.563. The Balaban J connectivity index is 2.84. The number of rotatable bonds is 1. The summed E-state index contributed by atoms with van der Waals surface area (Å²) in [5, 5.41) is 3.03. The van der Waals surface area contributed by atoms with E-state index < -0.39 is 0 Å². The number of carbonyl (C=O) groups is 1. The minimum Gasteiger partial charge on any atom is -0.293 e. The van der Waals surface area contributed by atoms with Gasteiger partial charge in [-0.15, -0.1) is 11.3 Å². The molecule has 0 aromatic carbocycles. The molecule has 0 bridgehead atoms. The predicted octanol–water partition coefficient (Wildman–Crippen LogP) is 3.26. The molecule has 0 amide bonds. The van der Waals surface area contributed by atoms with E-state index in [1.54, 1.807) is 6.20 Å². The molecule has 66 valence electrons. The van der Waals surface area contributed by atoms with E-state index in [-0.39, 0.29) is 5.78 Å². The van der Waals surface area contributed by atoms with Gasteiger partial charge in [0.05, 0.1) is 4.70 Å². The first-order valence-corrected chi connectivity index (χ1v) is 5.40. The van der Waals surface area contributed by atoms with Crippen LogP contribution in [0.25, 0.3) is 10.1 Å². The van der Waals surface area contributed by atoms with Gasteiger partial charge in [-0.2, -0.15) is 0 Å². The van der Waals surface area contributed by atoms with Crippen molar-refractivity contribution < 1.29 is 4.79 Å². The molecule has 0 radical (unpaired) electrons. The Morgan fingerprint density at radius 3 is 3.08 bits per heavy atom. The van der Waals surface area contributed by atoms with E-state index in [1.165, 1.54) is 18.3 Å². The highest BCUT2D eigenvalue weighted by Gasteiger charge is 2.10. The van der Waals surface area contributed by atoms with Gasteiger partial charge < -0.3 is 0 Å². The zero-order chi connectivity index (χ0) is 9.42. The van der Waals surface area contributed by atoms with Crippen molar-refractivity contribution in [3.63, 3.8) is 0 Å². The Hall–Kier alpha value is -0.740. The SMILES string of the molecule is CC(=O)c1nccc2c(Br)csc12. The van der Waals surface area contributed by atoms with Gasteiger partial charge in [0.2, 0.25) is 0 Å². The van der Waals surface area contributed by atoms with Gasteiger partial charge in [-0.05, 0) is 22.0 Å². The van der Waals surface area contributed by atoms with Gasteiger partial charge in [0, 0.05) is 28.4 Å². The molecule has 0 aliphatic carbocycles. The number of ketones is 1. The van der Waals surface area contributed by atoms with E-state index in [4.69, 9.17) is 0 Å². The average molecular weight is 256 g/mol. The van der Waals surface area contributed by atoms with E-state index >= 15 is 0 Å². The van der Waals surface area contributed by atoms with Gasteiger partial charge in [-0.3, -0.25) is 9.78 Å². The first kappa shape index (κ1) is 8.84. The first-order valence-electron chi connectivity index (χ1n) is 3.73. The normalized spacial score (nSPS) is 10.6. The Bertz CT molecular complexity index is 477. The predicted molar refractivity (Wildman–Crippen MR) is 57.3 cm³/mol. The molecule has 0 spiro atoms. The average Bonchev–Trinajstić information content (AvgIpc) is 2.48. The lowest BCUT2D eigenvalue weighted by Crippen LogP contribution is -1.95. The fourth-order valence-corrected chi connectivity index (χ4v) is 2.88. The molecule has 0 N–H and O–H groups in total. The van der Waals surface area contributed by atoms with Crippen LogP contribution in [0.2, 0.25) is 0 Å². The molecule has 2 rings (SSSR count). The molecular formula is C9H6BrNOS. The molecule has 0 fully saturated rings. The van der Waals surface area contributed by atoms with E-state index in [9.17, 15) is 4.79 Å². The van der Waals surface area contributed by atoms with Crippen LogP contribution in [0.3, 0.4) is 0 Å². The number of pyridine rings is 1. The second kappa shape index (κ2) is 3.20. The quantitative estimate of drug-likeness (QED) is 0.733. The summed E-state index contributed by atoms with van der Waals surface area (Å²) in [5.74, 6) is 0.0138. The first-order chi connectivity index (χ1) is 6.20. The van der Waals surface area contributed by atoms with Crippen LogP contribution in [0.5, 0.6) is 0 Å². The highest BCUT2D eigenvalue weighted by molar-refractivity contribution is 9.10. The van der Waals surface area contributed by atoms with Crippen molar-refractivity contribution in [1.82, 2.24) is 4.98 Å². The van der Waals surface area contributed by atoms with E-state index in [0.29, 0.717) is 5.69 Å². The molecular weight excluding hydrogens is 250 g/mol. The molecule has 4 heteroatoms. The summed E-state index contributed by atoms with van der Waals surface area (Å²) in [6, 6.07) is 1.91. The minimum atomic E-state index is 0.0138. The number of hydrogen-bond acceptors (Lipinski definition) is 3. The number of hydrogen-bond donors (Lipinski definition) is 0. The zero-order valence-corrected chi connectivity index (χ0v) is 9.28. The molecule has 13 heavy (non-hydrogen) atoms. The molecule has 0 saturated carbocycles. The molecule has 2 heterocycles. The lowest BCUT2D eigenvalue weighted by Gasteiger charge is -1.95. The molecule has 2 aromatic rings. The summed E-state index contributed by atoms with van der Waals surface area (Å²) < 4.78 is 1.99. The molecule has 0 aliphatic heterocycles. The summed E-state index contributed by atoms with van der Waals surface area (Å²) in [6.45, 7) is 1.54. The highest BCUT2D eigenvalue weighted by atomic mass is 79.9. The van der Waals surface area contributed by atoms with Crippen molar-refractivity contribution in [2.24, 2.45) is 0 Å². The second-order valence-corrected chi connectivity index (χ2v) is 4.41. The maximum Gasteiger partial charge on any atom is 0.179 e. The Kier molecular flexibility index (Phi) is 2.17. The third kappa shape index (κ3) is 1.40. The van der Waals surface area contributed by atoms with Crippen molar-refractivity contribution in [2.45, 2.75) is 6.92 Å². The summed E-state index contributed by atoms with van der Waals surface area (Å²) in [7, 11) is 0. The van der Waals surface area contributed by atoms with Crippen LogP contribution in [-0.2, 0) is 0 Å². The number of Topliss-reactive ketones (excluding diaryl/α,β-unsaturated/α-hetero) is 1. The number of nitrogens with zero attached hydrogens (tertiary/aromatic N) is 1. The molecule has 0 aliphatic rings. The third-order valence-electron chi connectivity index (χ3n) is 1.78. The number of aromatic nitrogens is 1. The molecule has 2 nitrogen and oxygen atoms in total. The van der Waals surface area contributed by atoms with Crippen molar-refractivity contribution in [2.75, 3.05) is 0 Å². The van der Waals surface area contributed by atoms with E-state index in [2.05, 4.69) is 20.9 Å². The van der Waals surface area contributed by atoms with Gasteiger partial charge in [0.25, 0.3) is 0 Å². The van der Waals surface area contributed by atoms with Gasteiger partial charge in [0.15, 0.2) is 5.78 Å². The Morgan fingerprint density at radius 2 is 2.38 bits per heavy atom. The molecule has 0 saturated heterocycles. The number of carbonyl (C=O) groups excluding carboxylic acids is 1. The second-order valence-electron chi connectivity index (χ2n) is 2.68. The van der Waals surface area contributed by atoms with Gasteiger partial charge >= 0.3 is 0 Å². The van der Waals surface area contributed by atoms with Gasteiger partial charge in [-0.1, -0.05) is 0 Å². The van der Waals surface area contributed by atoms with Crippen LogP contribution < -0.4 is 0 Å². The van der Waals surface area contributed by atoms with Crippen LogP contribution in [-0.4, -0.2) is 10.8 Å². The fourth-order valence-electron chi connectivity index (χ4n) is 1.18. The molecule has 0 atom stereocenters. The van der Waals surface area contributed by atoms with Crippen molar-refractivity contribution >= 4 is 43.1 Å². The number of fused-ring (bicyclic) bond motifs is 1. The standard InChI is InChI=1S/C9H6BrNOS/c1-5(12)8-9-6(2-3-11-8)7(10)4-13-9/h2-4H,1H3. The number of thiophene rings is 1. The Morgan fingerprint density at radius 1 is 1.62 bits per heavy atom. The summed E-state index contributed by atoms with van der Waals surface area (Å²) in [4.78, 5) is 15.3. The fraction of sp³-hybridized carbons (Fsp3) is 0.111. The number of halogens is 1. The van der Waals surface area contributed by atoms with Crippen LogP contribution >= 0.6 is 27.3 Å². The summed E-state index contributed by atoms with van der Waals surface area (Å²) >= 11 is 4.96. The summed E-state index contributed by atoms with van der Waals surface area (Å²) in [6.07, 6.45) is 1.66. The monoisotopic (exact) mass is 255 g/mol. The lowest BCUT2D eigenvalue weighted by atomic mass is 10.2. The maximum atomic E-state index is 11.2. The Labute approximate surface area is 87.7 Å². The van der Waals surface area contributed by atoms with Crippen molar-refractivity contribution in [1.29, 1.82) is 0 Å². The third-order valence-corrected chi connectivity index (χ3v) is 3.74.